The van der Waals surface area contributed by atoms with Gasteiger partial charge in [-0.1, -0.05) is 17.7 Å². The zero-order valence-corrected chi connectivity index (χ0v) is 8.82. The first-order valence-corrected chi connectivity index (χ1v) is 4.84. The van der Waals surface area contributed by atoms with E-state index in [1.807, 2.05) is 0 Å². The monoisotopic (exact) mass is 256 g/mol. The molecule has 0 aliphatic heterocycles. The van der Waals surface area contributed by atoms with Gasteiger partial charge >= 0.3 is 6.18 Å². The lowest BCUT2D eigenvalue weighted by molar-refractivity contribution is -0.153. The van der Waals surface area contributed by atoms with Gasteiger partial charge in [0.15, 0.2) is 0 Å². The number of benzene rings is 1. The van der Waals surface area contributed by atoms with Crippen molar-refractivity contribution in [1.29, 1.82) is 0 Å². The highest BCUT2D eigenvalue weighted by Gasteiger charge is 2.31. The van der Waals surface area contributed by atoms with Crippen molar-refractivity contribution in [3.05, 3.63) is 34.6 Å². The number of aliphatic hydroxyl groups is 1. The molecule has 0 bridgehead atoms. The minimum absolute atomic E-state index is 0.170. The van der Waals surface area contributed by atoms with Crippen molar-refractivity contribution < 1.29 is 22.7 Å². The van der Waals surface area contributed by atoms with Crippen molar-refractivity contribution in [2.24, 2.45) is 0 Å². The normalized spacial score (nSPS) is 13.9. The first-order valence-electron chi connectivity index (χ1n) is 4.46. The summed E-state index contributed by atoms with van der Waals surface area (Å²) in [5.74, 6) is -0.643. The number of hydrogen-bond acceptors (Lipinski definition) is 1. The summed E-state index contributed by atoms with van der Waals surface area (Å²) < 4.78 is 48.5. The van der Waals surface area contributed by atoms with Crippen LogP contribution in [-0.2, 0) is 6.42 Å². The Morgan fingerprint density at radius 2 is 1.94 bits per heavy atom. The topological polar surface area (TPSA) is 20.2 Å². The number of alkyl halides is 3. The highest BCUT2D eigenvalue weighted by atomic mass is 35.5. The molecule has 1 aromatic rings. The van der Waals surface area contributed by atoms with E-state index in [1.165, 1.54) is 12.1 Å². The second kappa shape index (κ2) is 5.01. The molecule has 6 heteroatoms. The van der Waals surface area contributed by atoms with E-state index in [4.69, 9.17) is 16.7 Å². The van der Waals surface area contributed by atoms with Gasteiger partial charge in [-0.3, -0.25) is 0 Å². The van der Waals surface area contributed by atoms with Crippen LogP contribution in [0.2, 0.25) is 5.02 Å². The van der Waals surface area contributed by atoms with Crippen molar-refractivity contribution in [3.63, 3.8) is 0 Å². The minimum atomic E-state index is -4.41. The third-order valence-electron chi connectivity index (χ3n) is 1.92. The molecular formula is C10H9ClF4O. The Hall–Kier alpha value is -0.810. The van der Waals surface area contributed by atoms with Gasteiger partial charge in [-0.25, -0.2) is 4.39 Å². The molecule has 1 atom stereocenters. The lowest BCUT2D eigenvalue weighted by atomic mass is 10.1. The van der Waals surface area contributed by atoms with Crippen LogP contribution in [0.4, 0.5) is 17.6 Å². The summed E-state index contributed by atoms with van der Waals surface area (Å²) in [7, 11) is 0. The maximum atomic E-state index is 12.7. The molecule has 0 spiro atoms. The molecule has 0 aromatic heterocycles. The molecule has 0 saturated carbocycles. The van der Waals surface area contributed by atoms with Crippen LogP contribution in [0.15, 0.2) is 18.2 Å². The average molecular weight is 257 g/mol. The maximum Gasteiger partial charge on any atom is 0.391 e. The second-order valence-corrected chi connectivity index (χ2v) is 3.83. The van der Waals surface area contributed by atoms with Gasteiger partial charge in [0.1, 0.15) is 5.82 Å². The Bertz CT molecular complexity index is 364. The van der Waals surface area contributed by atoms with Crippen LogP contribution < -0.4 is 0 Å². The Morgan fingerprint density at radius 1 is 1.31 bits per heavy atom. The van der Waals surface area contributed by atoms with E-state index in [0.29, 0.717) is 5.56 Å². The second-order valence-electron chi connectivity index (χ2n) is 3.43. The van der Waals surface area contributed by atoms with E-state index in [0.717, 1.165) is 6.07 Å². The Labute approximate surface area is 94.7 Å². The molecule has 1 N–H and O–H groups in total. The van der Waals surface area contributed by atoms with Gasteiger partial charge in [-0.05, 0) is 24.1 Å². The van der Waals surface area contributed by atoms with Crippen molar-refractivity contribution in [1.82, 2.24) is 0 Å². The molecule has 1 nitrogen and oxygen atoms in total. The summed E-state index contributed by atoms with van der Waals surface area (Å²) in [4.78, 5) is 0. The van der Waals surface area contributed by atoms with Gasteiger partial charge in [-0.15, -0.1) is 0 Å². The molecule has 0 heterocycles. The van der Waals surface area contributed by atoms with Gasteiger partial charge < -0.3 is 5.11 Å². The molecule has 1 unspecified atom stereocenters. The molecule has 0 aliphatic rings. The highest BCUT2D eigenvalue weighted by molar-refractivity contribution is 6.30. The summed E-state index contributed by atoms with van der Waals surface area (Å²) in [5, 5.41) is 8.97. The van der Waals surface area contributed by atoms with Crippen molar-refractivity contribution >= 4 is 11.6 Å². The van der Waals surface area contributed by atoms with Gasteiger partial charge in [-0.2, -0.15) is 13.2 Å². The molecule has 16 heavy (non-hydrogen) atoms. The van der Waals surface area contributed by atoms with Gasteiger partial charge in [0.25, 0.3) is 0 Å². The Morgan fingerprint density at radius 3 is 2.44 bits per heavy atom. The average Bonchev–Trinajstić information content (AvgIpc) is 2.08. The molecule has 0 amide bonds. The van der Waals surface area contributed by atoms with Crippen LogP contribution in [0.25, 0.3) is 0 Å². The third kappa shape index (κ3) is 4.37. The summed E-state index contributed by atoms with van der Waals surface area (Å²) in [6.07, 6.45) is -7.45. The molecule has 90 valence electrons. The molecule has 0 saturated heterocycles. The van der Waals surface area contributed by atoms with E-state index in [-0.39, 0.29) is 11.4 Å². The molecule has 0 fully saturated rings. The van der Waals surface area contributed by atoms with Crippen molar-refractivity contribution in [3.8, 4) is 0 Å². The minimum Gasteiger partial charge on any atom is -0.392 e. The van der Waals surface area contributed by atoms with E-state index >= 15 is 0 Å². The summed E-state index contributed by atoms with van der Waals surface area (Å²) in [5.41, 5.74) is 0.364. The van der Waals surface area contributed by atoms with Crippen LogP contribution in [0.5, 0.6) is 0 Å². The first-order chi connectivity index (χ1) is 7.28. The quantitative estimate of drug-likeness (QED) is 0.823. The molecule has 1 rings (SSSR count). The summed E-state index contributed by atoms with van der Waals surface area (Å²) >= 11 is 5.45. The van der Waals surface area contributed by atoms with E-state index in [9.17, 15) is 17.6 Å². The van der Waals surface area contributed by atoms with Crippen LogP contribution in [0.1, 0.15) is 12.0 Å². The third-order valence-corrected chi connectivity index (χ3v) is 2.21. The number of hydrogen-bond donors (Lipinski definition) is 1. The van der Waals surface area contributed by atoms with E-state index in [2.05, 4.69) is 0 Å². The zero-order valence-electron chi connectivity index (χ0n) is 8.06. The standard InChI is InChI=1S/C10H9ClF4O/c11-8-4-6(1-2-9(8)12)3-7(16)5-10(13,14)15/h1-2,4,7,16H,3,5H2. The SMILES string of the molecule is OC(Cc1ccc(F)c(Cl)c1)CC(F)(F)F. The molecular weight excluding hydrogens is 248 g/mol. The predicted molar refractivity (Wildman–Crippen MR) is 51.8 cm³/mol. The summed E-state index contributed by atoms with van der Waals surface area (Å²) in [6, 6.07) is 3.55. The zero-order chi connectivity index (χ0) is 12.3. The number of aliphatic hydroxyl groups excluding tert-OH is 1. The fraction of sp³-hybridized carbons (Fsp3) is 0.400. The number of rotatable bonds is 3. The Balaban J connectivity index is 2.63. The van der Waals surface area contributed by atoms with Crippen LogP contribution in [-0.4, -0.2) is 17.4 Å². The predicted octanol–water partition coefficient (Wildman–Crippen LogP) is 3.33. The van der Waals surface area contributed by atoms with Gasteiger partial charge in [0.05, 0.1) is 17.5 Å². The van der Waals surface area contributed by atoms with Crippen molar-refractivity contribution in [2.45, 2.75) is 25.1 Å². The fourth-order valence-electron chi connectivity index (χ4n) is 1.28. The summed E-state index contributed by atoms with van der Waals surface area (Å²) in [6.45, 7) is 0. The lowest BCUT2D eigenvalue weighted by Gasteiger charge is -2.13. The van der Waals surface area contributed by atoms with E-state index < -0.39 is 24.5 Å². The number of halogens is 5. The lowest BCUT2D eigenvalue weighted by Crippen LogP contribution is -2.21. The fourth-order valence-corrected chi connectivity index (χ4v) is 1.48. The van der Waals surface area contributed by atoms with Crippen LogP contribution in [0, 0.1) is 5.82 Å². The van der Waals surface area contributed by atoms with Gasteiger partial charge in [0, 0.05) is 0 Å². The van der Waals surface area contributed by atoms with Crippen LogP contribution in [0.3, 0.4) is 0 Å². The van der Waals surface area contributed by atoms with Crippen molar-refractivity contribution in [2.75, 3.05) is 0 Å². The highest BCUT2D eigenvalue weighted by Crippen LogP contribution is 2.24. The Kier molecular flexibility index (Phi) is 4.15. The maximum absolute atomic E-state index is 12.7. The first kappa shape index (κ1) is 13.3. The molecule has 0 aliphatic carbocycles. The van der Waals surface area contributed by atoms with Gasteiger partial charge in [0.2, 0.25) is 0 Å². The van der Waals surface area contributed by atoms with E-state index in [1.54, 1.807) is 0 Å². The smallest absolute Gasteiger partial charge is 0.391 e. The molecule has 0 radical (unpaired) electrons. The van der Waals surface area contributed by atoms with Crippen LogP contribution >= 0.6 is 11.6 Å². The largest absolute Gasteiger partial charge is 0.392 e. The molecule has 1 aromatic carbocycles.